The smallest absolute Gasteiger partial charge is 0.0991 e. The van der Waals surface area contributed by atoms with Crippen LogP contribution in [0.4, 0.5) is 0 Å². The lowest BCUT2D eigenvalue weighted by Gasteiger charge is -2.04. The average molecular weight is 219 g/mol. The summed E-state index contributed by atoms with van der Waals surface area (Å²) in [4.78, 5) is 8.80. The summed E-state index contributed by atoms with van der Waals surface area (Å²) in [7, 11) is 0. The normalized spacial score (nSPS) is 11.5. The molecule has 1 aromatic carbocycles. The molecule has 2 aromatic rings. The SMILES string of the molecule is c1ccc2c3ccn4cnccc4c-3nc2c1. The number of para-hydroxylation sites is 1. The quantitative estimate of drug-likeness (QED) is 0.455. The second-order valence-electron chi connectivity index (χ2n) is 4.08. The van der Waals surface area contributed by atoms with E-state index in [1.165, 1.54) is 10.9 Å². The Morgan fingerprint density at radius 2 is 1.94 bits per heavy atom. The minimum atomic E-state index is 1.04. The van der Waals surface area contributed by atoms with Crippen molar-refractivity contribution in [3.05, 3.63) is 55.1 Å². The molecule has 0 N–H and O–H groups in total. The monoisotopic (exact) mass is 219 g/mol. The van der Waals surface area contributed by atoms with Gasteiger partial charge in [-0.1, -0.05) is 18.2 Å². The summed E-state index contributed by atoms with van der Waals surface area (Å²) in [6.45, 7) is 0. The van der Waals surface area contributed by atoms with Crippen LogP contribution in [0.2, 0.25) is 0 Å². The highest BCUT2D eigenvalue weighted by atomic mass is 14.9. The molecule has 3 heterocycles. The molecule has 2 aliphatic rings. The maximum absolute atomic E-state index is 4.69. The van der Waals surface area contributed by atoms with Crippen LogP contribution in [0, 0.1) is 0 Å². The Morgan fingerprint density at radius 1 is 1.00 bits per heavy atom. The van der Waals surface area contributed by atoms with Crippen molar-refractivity contribution in [1.82, 2.24) is 14.4 Å². The summed E-state index contributed by atoms with van der Waals surface area (Å²) < 4.78 is 1.99. The lowest BCUT2D eigenvalue weighted by Crippen LogP contribution is -1.92. The van der Waals surface area contributed by atoms with E-state index in [9.17, 15) is 0 Å². The number of hydrogen-bond donors (Lipinski definition) is 0. The van der Waals surface area contributed by atoms with Crippen molar-refractivity contribution in [3.63, 3.8) is 0 Å². The number of benzene rings is 1. The van der Waals surface area contributed by atoms with Crippen LogP contribution in [0.5, 0.6) is 0 Å². The molecule has 4 rings (SSSR count). The second-order valence-corrected chi connectivity index (χ2v) is 4.08. The van der Waals surface area contributed by atoms with E-state index in [0.717, 1.165) is 16.7 Å². The highest BCUT2D eigenvalue weighted by Crippen LogP contribution is 2.33. The standard InChI is InChI=1S/C14H9N3/c1-2-4-12-10(3-1)11-6-8-17-9-15-7-5-13(17)14(11)16-12/h1-9H. The molecule has 3 heteroatoms. The first-order valence-corrected chi connectivity index (χ1v) is 5.52. The zero-order chi connectivity index (χ0) is 11.2. The van der Waals surface area contributed by atoms with Crippen LogP contribution < -0.4 is 0 Å². The van der Waals surface area contributed by atoms with E-state index in [4.69, 9.17) is 4.98 Å². The molecule has 0 unspecified atom stereocenters. The van der Waals surface area contributed by atoms with E-state index in [0.29, 0.717) is 0 Å². The molecule has 2 aliphatic heterocycles. The van der Waals surface area contributed by atoms with Crippen molar-refractivity contribution >= 4 is 16.4 Å². The third kappa shape index (κ3) is 1.11. The first kappa shape index (κ1) is 8.70. The Balaban J connectivity index is 2.28. The molecule has 0 saturated carbocycles. The summed E-state index contributed by atoms with van der Waals surface area (Å²) >= 11 is 0. The van der Waals surface area contributed by atoms with Gasteiger partial charge in [0.25, 0.3) is 0 Å². The van der Waals surface area contributed by atoms with Gasteiger partial charge in [-0.25, -0.2) is 9.97 Å². The van der Waals surface area contributed by atoms with Gasteiger partial charge in [-0.15, -0.1) is 0 Å². The lowest BCUT2D eigenvalue weighted by molar-refractivity contribution is 1.07. The van der Waals surface area contributed by atoms with Crippen molar-refractivity contribution in [3.8, 4) is 11.3 Å². The third-order valence-corrected chi connectivity index (χ3v) is 3.11. The summed E-state index contributed by atoms with van der Waals surface area (Å²) in [6, 6.07) is 12.3. The van der Waals surface area contributed by atoms with E-state index in [-0.39, 0.29) is 0 Å². The van der Waals surface area contributed by atoms with Gasteiger partial charge in [0, 0.05) is 23.3 Å². The van der Waals surface area contributed by atoms with Gasteiger partial charge >= 0.3 is 0 Å². The highest BCUT2D eigenvalue weighted by Gasteiger charge is 2.13. The molecular formula is C14H9N3. The first-order chi connectivity index (χ1) is 8.43. The van der Waals surface area contributed by atoms with Crippen molar-refractivity contribution in [2.24, 2.45) is 0 Å². The summed E-state index contributed by atoms with van der Waals surface area (Å²) in [5, 5.41) is 1.21. The van der Waals surface area contributed by atoms with Crippen molar-refractivity contribution in [2.45, 2.75) is 0 Å². The van der Waals surface area contributed by atoms with Crippen LogP contribution in [-0.4, -0.2) is 14.4 Å². The van der Waals surface area contributed by atoms with Crippen LogP contribution >= 0.6 is 0 Å². The molecule has 0 saturated heterocycles. The highest BCUT2D eigenvalue weighted by molar-refractivity contribution is 6.01. The number of rotatable bonds is 0. The Labute approximate surface area is 97.7 Å². The minimum Gasteiger partial charge on any atom is -0.306 e. The van der Waals surface area contributed by atoms with Crippen LogP contribution in [0.25, 0.3) is 27.7 Å². The molecule has 17 heavy (non-hydrogen) atoms. The number of hydrogen-bond acceptors (Lipinski definition) is 2. The predicted octanol–water partition coefficient (Wildman–Crippen LogP) is 2.99. The number of fused-ring (bicyclic) bond motifs is 5. The van der Waals surface area contributed by atoms with Gasteiger partial charge in [0.1, 0.15) is 0 Å². The topological polar surface area (TPSA) is 30.2 Å². The Hall–Kier alpha value is -2.42. The largest absolute Gasteiger partial charge is 0.306 e. The van der Waals surface area contributed by atoms with Crippen LogP contribution in [0.1, 0.15) is 0 Å². The Kier molecular flexibility index (Phi) is 1.56. The first-order valence-electron chi connectivity index (χ1n) is 5.52. The zero-order valence-electron chi connectivity index (χ0n) is 9.04. The maximum atomic E-state index is 4.69. The molecule has 0 aliphatic carbocycles. The van der Waals surface area contributed by atoms with Gasteiger partial charge in [-0.05, 0) is 18.2 Å². The van der Waals surface area contributed by atoms with E-state index >= 15 is 0 Å². The fourth-order valence-corrected chi connectivity index (χ4v) is 2.32. The minimum absolute atomic E-state index is 1.04. The van der Waals surface area contributed by atoms with E-state index in [1.807, 2.05) is 34.9 Å². The molecule has 3 nitrogen and oxygen atoms in total. The zero-order valence-corrected chi connectivity index (χ0v) is 9.04. The van der Waals surface area contributed by atoms with Crippen LogP contribution in [-0.2, 0) is 0 Å². The Bertz CT molecular complexity index is 801. The van der Waals surface area contributed by atoms with Crippen molar-refractivity contribution in [2.75, 3.05) is 0 Å². The molecule has 0 fully saturated rings. The van der Waals surface area contributed by atoms with Gasteiger partial charge in [0.05, 0.1) is 23.1 Å². The molecule has 0 atom stereocenters. The van der Waals surface area contributed by atoms with Gasteiger partial charge in [-0.3, -0.25) is 0 Å². The molecule has 80 valence electrons. The molecule has 1 aromatic heterocycles. The van der Waals surface area contributed by atoms with Gasteiger partial charge < -0.3 is 4.40 Å². The summed E-state index contributed by atoms with van der Waals surface area (Å²) in [5.41, 5.74) is 4.38. The van der Waals surface area contributed by atoms with Gasteiger partial charge in [0.15, 0.2) is 0 Å². The number of nitrogens with zero attached hydrogens (tertiary/aromatic N) is 3. The predicted molar refractivity (Wildman–Crippen MR) is 67.1 cm³/mol. The second kappa shape index (κ2) is 3.04. The van der Waals surface area contributed by atoms with Crippen molar-refractivity contribution < 1.29 is 0 Å². The van der Waals surface area contributed by atoms with Crippen LogP contribution in [0.15, 0.2) is 55.1 Å². The molecule has 0 amide bonds. The third-order valence-electron chi connectivity index (χ3n) is 3.11. The number of pyridine rings is 1. The fourth-order valence-electron chi connectivity index (χ4n) is 2.32. The van der Waals surface area contributed by atoms with Crippen LogP contribution in [0.3, 0.4) is 0 Å². The maximum Gasteiger partial charge on any atom is 0.0991 e. The molecular weight excluding hydrogens is 210 g/mol. The lowest BCUT2D eigenvalue weighted by atomic mass is 10.1. The average Bonchev–Trinajstić information content (AvgIpc) is 2.78. The summed E-state index contributed by atoms with van der Waals surface area (Å²) in [6.07, 6.45) is 5.63. The van der Waals surface area contributed by atoms with Gasteiger partial charge in [0.2, 0.25) is 0 Å². The van der Waals surface area contributed by atoms with E-state index in [1.54, 1.807) is 12.5 Å². The van der Waals surface area contributed by atoms with E-state index < -0.39 is 0 Å². The van der Waals surface area contributed by atoms with Crippen molar-refractivity contribution in [1.29, 1.82) is 0 Å². The summed E-state index contributed by atoms with van der Waals surface area (Å²) in [5.74, 6) is 0. The Morgan fingerprint density at radius 3 is 2.94 bits per heavy atom. The number of aromatic nitrogens is 3. The van der Waals surface area contributed by atoms with E-state index in [2.05, 4.69) is 17.1 Å². The van der Waals surface area contributed by atoms with Gasteiger partial charge in [-0.2, -0.15) is 0 Å². The molecule has 0 spiro atoms. The fraction of sp³-hybridized carbons (Fsp3) is 0. The molecule has 0 radical (unpaired) electrons. The molecule has 0 bridgehead atoms.